The number of benzene rings is 1. The molecule has 2 aromatic rings. The van der Waals surface area contributed by atoms with Crippen molar-refractivity contribution < 1.29 is 9.53 Å². The van der Waals surface area contributed by atoms with Crippen LogP contribution in [-0.2, 0) is 6.54 Å². The quantitative estimate of drug-likeness (QED) is 0.917. The molecule has 0 unspecified atom stereocenters. The van der Waals surface area contributed by atoms with Crippen LogP contribution in [0.1, 0.15) is 46.9 Å². The molecule has 0 radical (unpaired) electrons. The highest BCUT2D eigenvalue weighted by molar-refractivity contribution is 5.94. The first-order valence-corrected chi connectivity index (χ1v) is 7.95. The Kier molecular flexibility index (Phi) is 5.44. The van der Waals surface area contributed by atoms with Gasteiger partial charge in [0.15, 0.2) is 5.75 Å². The van der Waals surface area contributed by atoms with Gasteiger partial charge in [-0.25, -0.2) is 0 Å². The predicted molar refractivity (Wildman–Crippen MR) is 94.7 cm³/mol. The standard InChI is InChI=1S/C19H24N2O3/c1-12(2)14-6-8-15(9-7-14)19(23)21(4)11-16-10-20-13(3)18(24-5)17(16)22/h6-10,12H,11H2,1-5H3,(H,20,22). The second-order valence-electron chi connectivity index (χ2n) is 6.24. The molecule has 1 heterocycles. The maximum atomic E-state index is 12.5. The van der Waals surface area contributed by atoms with Gasteiger partial charge in [0.05, 0.1) is 19.3 Å². The Morgan fingerprint density at radius 3 is 2.42 bits per heavy atom. The Bertz CT molecular complexity index is 776. The largest absolute Gasteiger partial charge is 0.491 e. The van der Waals surface area contributed by atoms with Crippen LogP contribution in [0.15, 0.2) is 35.3 Å². The maximum Gasteiger partial charge on any atom is 0.253 e. The summed E-state index contributed by atoms with van der Waals surface area (Å²) < 4.78 is 5.13. The summed E-state index contributed by atoms with van der Waals surface area (Å²) >= 11 is 0. The Morgan fingerprint density at radius 1 is 1.25 bits per heavy atom. The highest BCUT2D eigenvalue weighted by Gasteiger charge is 2.16. The van der Waals surface area contributed by atoms with Crippen molar-refractivity contribution >= 4 is 5.91 Å². The van der Waals surface area contributed by atoms with Crippen LogP contribution < -0.4 is 10.2 Å². The second kappa shape index (κ2) is 7.34. The van der Waals surface area contributed by atoms with Gasteiger partial charge < -0.3 is 14.6 Å². The summed E-state index contributed by atoms with van der Waals surface area (Å²) in [7, 11) is 3.15. The fraction of sp³-hybridized carbons (Fsp3) is 0.368. The van der Waals surface area contributed by atoms with Gasteiger partial charge in [0, 0.05) is 24.4 Å². The van der Waals surface area contributed by atoms with Gasteiger partial charge in [-0.3, -0.25) is 9.59 Å². The molecule has 1 amide bonds. The van der Waals surface area contributed by atoms with Gasteiger partial charge in [0.2, 0.25) is 5.43 Å². The average Bonchev–Trinajstić information content (AvgIpc) is 2.57. The van der Waals surface area contributed by atoms with Gasteiger partial charge in [-0.2, -0.15) is 0 Å². The van der Waals surface area contributed by atoms with Crippen LogP contribution in [0.4, 0.5) is 0 Å². The minimum Gasteiger partial charge on any atom is -0.491 e. The molecule has 0 saturated heterocycles. The molecule has 0 aliphatic rings. The number of methoxy groups -OCH3 is 1. The van der Waals surface area contributed by atoms with Gasteiger partial charge in [-0.1, -0.05) is 26.0 Å². The monoisotopic (exact) mass is 328 g/mol. The third-order valence-corrected chi connectivity index (χ3v) is 4.08. The Labute approximate surface area is 142 Å². The van der Waals surface area contributed by atoms with Crippen molar-refractivity contribution in [1.82, 2.24) is 9.88 Å². The van der Waals surface area contributed by atoms with Crippen LogP contribution in [0.25, 0.3) is 0 Å². The highest BCUT2D eigenvalue weighted by Crippen LogP contribution is 2.16. The Balaban J connectivity index is 2.19. The van der Waals surface area contributed by atoms with Crippen LogP contribution in [0, 0.1) is 6.92 Å². The van der Waals surface area contributed by atoms with E-state index in [9.17, 15) is 9.59 Å². The molecule has 1 aromatic heterocycles. The van der Waals surface area contributed by atoms with E-state index in [0.717, 1.165) is 0 Å². The fourth-order valence-electron chi connectivity index (χ4n) is 2.56. The maximum absolute atomic E-state index is 12.5. The molecule has 5 heteroatoms. The topological polar surface area (TPSA) is 62.4 Å². The average molecular weight is 328 g/mol. The molecular formula is C19H24N2O3. The number of aryl methyl sites for hydroxylation is 1. The molecule has 0 aliphatic heterocycles. The normalized spacial score (nSPS) is 10.8. The van der Waals surface area contributed by atoms with E-state index in [1.807, 2.05) is 24.3 Å². The summed E-state index contributed by atoms with van der Waals surface area (Å²) in [4.78, 5) is 29.4. The Hall–Kier alpha value is -2.56. The summed E-state index contributed by atoms with van der Waals surface area (Å²) in [6.07, 6.45) is 1.63. The smallest absolute Gasteiger partial charge is 0.253 e. The lowest BCUT2D eigenvalue weighted by atomic mass is 10.0. The first-order chi connectivity index (χ1) is 11.3. The minimum atomic E-state index is -0.191. The first kappa shape index (κ1) is 17.8. The number of ether oxygens (including phenoxy) is 1. The molecular weight excluding hydrogens is 304 g/mol. The number of hydrogen-bond donors (Lipinski definition) is 1. The van der Waals surface area contributed by atoms with E-state index in [-0.39, 0.29) is 23.6 Å². The summed E-state index contributed by atoms with van der Waals surface area (Å²) in [6.45, 7) is 6.21. The number of nitrogens with zero attached hydrogens (tertiary/aromatic N) is 1. The lowest BCUT2D eigenvalue weighted by molar-refractivity contribution is 0.0784. The molecule has 24 heavy (non-hydrogen) atoms. The van der Waals surface area contributed by atoms with Crippen molar-refractivity contribution in [2.24, 2.45) is 0 Å². The molecule has 0 aliphatic carbocycles. The van der Waals surface area contributed by atoms with E-state index < -0.39 is 0 Å². The van der Waals surface area contributed by atoms with E-state index in [2.05, 4.69) is 18.8 Å². The summed E-state index contributed by atoms with van der Waals surface area (Å²) in [6, 6.07) is 7.59. The number of hydrogen-bond acceptors (Lipinski definition) is 3. The highest BCUT2D eigenvalue weighted by atomic mass is 16.5. The van der Waals surface area contributed by atoms with E-state index in [1.165, 1.54) is 17.6 Å². The SMILES string of the molecule is COc1c(C)[nH]cc(CN(C)C(=O)c2ccc(C(C)C)cc2)c1=O. The number of carbonyl (C=O) groups excluding carboxylic acids is 1. The zero-order valence-electron chi connectivity index (χ0n) is 14.8. The molecule has 0 saturated carbocycles. The number of amides is 1. The van der Waals surface area contributed by atoms with Crippen molar-refractivity contribution in [3.63, 3.8) is 0 Å². The number of pyridine rings is 1. The van der Waals surface area contributed by atoms with Gasteiger partial charge in [0.25, 0.3) is 5.91 Å². The number of nitrogens with one attached hydrogen (secondary N) is 1. The summed E-state index contributed by atoms with van der Waals surface area (Å²) in [5.74, 6) is 0.587. The lowest BCUT2D eigenvalue weighted by Gasteiger charge is -2.18. The van der Waals surface area contributed by atoms with Crippen LogP contribution in [0.5, 0.6) is 5.75 Å². The third kappa shape index (κ3) is 3.67. The summed E-state index contributed by atoms with van der Waals surface area (Å²) in [5.41, 5.74) is 2.77. The third-order valence-electron chi connectivity index (χ3n) is 4.08. The summed E-state index contributed by atoms with van der Waals surface area (Å²) in [5, 5.41) is 0. The minimum absolute atomic E-state index is 0.121. The molecule has 0 fully saturated rings. The molecule has 0 spiro atoms. The van der Waals surface area contributed by atoms with Crippen LogP contribution in [0.2, 0.25) is 0 Å². The Morgan fingerprint density at radius 2 is 1.88 bits per heavy atom. The van der Waals surface area contributed by atoms with Crippen LogP contribution in [0.3, 0.4) is 0 Å². The number of carbonyl (C=O) groups is 1. The number of rotatable bonds is 5. The molecule has 128 valence electrons. The predicted octanol–water partition coefficient (Wildman–Crippen LogP) is 3.09. The van der Waals surface area contributed by atoms with E-state index in [1.54, 1.807) is 20.2 Å². The second-order valence-corrected chi connectivity index (χ2v) is 6.24. The zero-order chi connectivity index (χ0) is 17.9. The number of aromatic nitrogens is 1. The van der Waals surface area contributed by atoms with Gasteiger partial charge in [-0.15, -0.1) is 0 Å². The van der Waals surface area contributed by atoms with Gasteiger partial charge in [0.1, 0.15) is 0 Å². The van der Waals surface area contributed by atoms with Crippen LogP contribution >= 0.6 is 0 Å². The molecule has 2 rings (SSSR count). The van der Waals surface area contributed by atoms with Crippen molar-refractivity contribution in [2.75, 3.05) is 14.2 Å². The van der Waals surface area contributed by atoms with E-state index in [0.29, 0.717) is 22.7 Å². The molecule has 5 nitrogen and oxygen atoms in total. The zero-order valence-corrected chi connectivity index (χ0v) is 14.8. The van der Waals surface area contributed by atoms with Gasteiger partial charge in [-0.05, 0) is 30.5 Å². The number of H-pyrrole nitrogens is 1. The number of aromatic amines is 1. The lowest BCUT2D eigenvalue weighted by Crippen LogP contribution is -2.29. The molecule has 0 bridgehead atoms. The van der Waals surface area contributed by atoms with Gasteiger partial charge >= 0.3 is 0 Å². The first-order valence-electron chi connectivity index (χ1n) is 7.95. The molecule has 1 aromatic carbocycles. The van der Waals surface area contributed by atoms with Crippen molar-refractivity contribution in [1.29, 1.82) is 0 Å². The fourth-order valence-corrected chi connectivity index (χ4v) is 2.56. The molecule has 0 atom stereocenters. The van der Waals surface area contributed by atoms with Crippen molar-refractivity contribution in [3.05, 3.63) is 63.1 Å². The van der Waals surface area contributed by atoms with Crippen molar-refractivity contribution in [2.45, 2.75) is 33.2 Å². The van der Waals surface area contributed by atoms with Crippen molar-refractivity contribution in [3.8, 4) is 5.75 Å². The van der Waals surface area contributed by atoms with Crippen LogP contribution in [-0.4, -0.2) is 29.9 Å². The van der Waals surface area contributed by atoms with E-state index in [4.69, 9.17) is 4.74 Å². The molecule has 1 N–H and O–H groups in total. The van der Waals surface area contributed by atoms with E-state index >= 15 is 0 Å².